The highest BCUT2D eigenvalue weighted by Gasteiger charge is 2.15. The first-order valence-corrected chi connectivity index (χ1v) is 7.87. The van der Waals surface area contributed by atoms with E-state index in [-0.39, 0.29) is 4.83 Å². The van der Waals surface area contributed by atoms with Crippen LogP contribution in [0.15, 0.2) is 40.9 Å². The predicted molar refractivity (Wildman–Crippen MR) is 86.4 cm³/mol. The molecule has 0 bridgehead atoms. The fraction of sp³-hybridized carbons (Fsp3) is 0.0769. The molecule has 5 heteroatoms. The van der Waals surface area contributed by atoms with Crippen LogP contribution in [0.25, 0.3) is 0 Å². The van der Waals surface area contributed by atoms with Gasteiger partial charge in [-0.05, 0) is 51.3 Å². The molecule has 0 heterocycles. The predicted octanol–water partition coefficient (Wildman–Crippen LogP) is 6.89. The maximum atomic E-state index is 6.19. The van der Waals surface area contributed by atoms with Crippen LogP contribution in [0.5, 0.6) is 0 Å². The third-order valence-electron chi connectivity index (χ3n) is 2.47. The Morgan fingerprint density at radius 2 is 1.61 bits per heavy atom. The summed E-state index contributed by atoms with van der Waals surface area (Å²) in [6, 6.07) is 11.2. The van der Waals surface area contributed by atoms with Crippen molar-refractivity contribution in [1.82, 2.24) is 0 Å². The van der Waals surface area contributed by atoms with Gasteiger partial charge in [-0.15, -0.1) is 0 Å². The third kappa shape index (κ3) is 3.23. The fourth-order valence-electron chi connectivity index (χ4n) is 1.56. The van der Waals surface area contributed by atoms with Crippen LogP contribution in [-0.4, -0.2) is 0 Å². The van der Waals surface area contributed by atoms with Gasteiger partial charge in [-0.1, -0.05) is 62.9 Å². The Kier molecular flexibility index (Phi) is 5.01. The lowest BCUT2D eigenvalue weighted by molar-refractivity contribution is 1.17. The zero-order valence-corrected chi connectivity index (χ0v) is 14.4. The highest BCUT2D eigenvalue weighted by Crippen LogP contribution is 2.38. The lowest BCUT2D eigenvalue weighted by Crippen LogP contribution is -1.94. The molecule has 0 radical (unpaired) electrons. The van der Waals surface area contributed by atoms with E-state index in [1.54, 1.807) is 6.07 Å². The number of halogens is 5. The molecule has 0 fully saturated rings. The minimum absolute atomic E-state index is 0.00386. The summed E-state index contributed by atoms with van der Waals surface area (Å²) in [5.41, 5.74) is 2.03. The molecule has 0 aliphatic carbocycles. The highest BCUT2D eigenvalue weighted by molar-refractivity contribution is 9.10. The first-order chi connectivity index (χ1) is 8.49. The molecule has 0 nitrogen and oxygen atoms in total. The normalized spacial score (nSPS) is 12.5. The zero-order valence-electron chi connectivity index (χ0n) is 8.93. The topological polar surface area (TPSA) is 0 Å². The summed E-state index contributed by atoms with van der Waals surface area (Å²) >= 11 is 25.1. The van der Waals surface area contributed by atoms with Crippen LogP contribution in [0, 0.1) is 0 Å². The van der Waals surface area contributed by atoms with Crippen LogP contribution in [0.4, 0.5) is 0 Å². The maximum absolute atomic E-state index is 6.19. The van der Waals surface area contributed by atoms with Gasteiger partial charge in [0.2, 0.25) is 0 Å². The van der Waals surface area contributed by atoms with Gasteiger partial charge in [-0.25, -0.2) is 0 Å². The molecule has 0 amide bonds. The minimum Gasteiger partial charge on any atom is -0.0843 e. The molecule has 2 aromatic carbocycles. The van der Waals surface area contributed by atoms with Crippen LogP contribution in [-0.2, 0) is 0 Å². The summed E-state index contributed by atoms with van der Waals surface area (Å²) in [5, 5.41) is 1.94. The van der Waals surface area contributed by atoms with E-state index in [1.807, 2.05) is 30.3 Å². The SMILES string of the molecule is Clc1ccc(C(Br)c2ccc(Cl)c(Br)c2)c(Cl)c1. The Bertz CT molecular complexity index is 584. The van der Waals surface area contributed by atoms with Crippen molar-refractivity contribution in [2.45, 2.75) is 4.83 Å². The van der Waals surface area contributed by atoms with Crippen molar-refractivity contribution >= 4 is 66.7 Å². The van der Waals surface area contributed by atoms with E-state index in [0.717, 1.165) is 15.6 Å². The molecule has 0 aromatic heterocycles. The Labute approximate surface area is 137 Å². The molecule has 18 heavy (non-hydrogen) atoms. The summed E-state index contributed by atoms with van der Waals surface area (Å²) < 4.78 is 0.858. The average molecular weight is 429 g/mol. The van der Waals surface area contributed by atoms with Gasteiger partial charge in [0.25, 0.3) is 0 Å². The Hall–Kier alpha value is 0.270. The van der Waals surface area contributed by atoms with Crippen LogP contribution in [0.2, 0.25) is 15.1 Å². The van der Waals surface area contributed by atoms with Gasteiger partial charge in [0.05, 0.1) is 9.85 Å². The number of alkyl halides is 1. The molecule has 0 aliphatic rings. The van der Waals surface area contributed by atoms with Gasteiger partial charge in [0.15, 0.2) is 0 Å². The van der Waals surface area contributed by atoms with E-state index < -0.39 is 0 Å². The van der Waals surface area contributed by atoms with Crippen molar-refractivity contribution in [3.63, 3.8) is 0 Å². The minimum atomic E-state index is -0.00386. The second-order valence-corrected chi connectivity index (χ2v) is 6.72. The van der Waals surface area contributed by atoms with E-state index in [0.29, 0.717) is 15.1 Å². The van der Waals surface area contributed by atoms with Gasteiger partial charge in [-0.2, -0.15) is 0 Å². The van der Waals surface area contributed by atoms with Crippen LogP contribution < -0.4 is 0 Å². The standard InChI is InChI=1S/C13H7Br2Cl3/c14-10-5-7(1-4-11(10)17)13(15)9-3-2-8(16)6-12(9)18/h1-6,13H. The van der Waals surface area contributed by atoms with Gasteiger partial charge in [0.1, 0.15) is 0 Å². The maximum Gasteiger partial charge on any atom is 0.0659 e. The molecule has 0 aliphatic heterocycles. The number of benzene rings is 2. The van der Waals surface area contributed by atoms with Gasteiger partial charge in [0, 0.05) is 14.5 Å². The highest BCUT2D eigenvalue weighted by atomic mass is 79.9. The summed E-state index contributed by atoms with van der Waals surface area (Å²) in [6.45, 7) is 0. The molecule has 1 unspecified atom stereocenters. The molecule has 2 rings (SSSR count). The van der Waals surface area contributed by atoms with E-state index in [1.165, 1.54) is 0 Å². The molecule has 1 atom stereocenters. The second-order valence-electron chi connectivity index (χ2n) is 3.70. The van der Waals surface area contributed by atoms with Crippen molar-refractivity contribution in [1.29, 1.82) is 0 Å². The molecular formula is C13H7Br2Cl3. The molecule has 0 N–H and O–H groups in total. The van der Waals surface area contributed by atoms with Crippen molar-refractivity contribution in [2.75, 3.05) is 0 Å². The Morgan fingerprint density at radius 1 is 0.889 bits per heavy atom. The number of hydrogen-bond donors (Lipinski definition) is 0. The third-order valence-corrected chi connectivity index (χ3v) is 5.27. The monoisotopic (exact) mass is 426 g/mol. The summed E-state index contributed by atoms with van der Waals surface area (Å²) in [4.78, 5) is -0.00386. The molecule has 0 saturated heterocycles. The van der Waals surface area contributed by atoms with E-state index in [2.05, 4.69) is 31.9 Å². The molecule has 0 saturated carbocycles. The van der Waals surface area contributed by atoms with Crippen molar-refractivity contribution in [3.8, 4) is 0 Å². The van der Waals surface area contributed by atoms with Crippen LogP contribution in [0.3, 0.4) is 0 Å². The average Bonchev–Trinajstić information content (AvgIpc) is 2.32. The van der Waals surface area contributed by atoms with E-state index >= 15 is 0 Å². The molecular weight excluding hydrogens is 422 g/mol. The second kappa shape index (κ2) is 6.15. The summed E-state index contributed by atoms with van der Waals surface area (Å²) in [6.07, 6.45) is 0. The zero-order chi connectivity index (χ0) is 13.3. The van der Waals surface area contributed by atoms with Crippen LogP contribution >= 0.6 is 66.7 Å². The van der Waals surface area contributed by atoms with Gasteiger partial charge >= 0.3 is 0 Å². The van der Waals surface area contributed by atoms with Crippen molar-refractivity contribution < 1.29 is 0 Å². The number of rotatable bonds is 2. The fourth-order valence-corrected chi connectivity index (χ4v) is 3.40. The summed E-state index contributed by atoms with van der Waals surface area (Å²) in [7, 11) is 0. The van der Waals surface area contributed by atoms with Gasteiger partial charge in [-0.3, -0.25) is 0 Å². The quantitative estimate of drug-likeness (QED) is 0.456. The first-order valence-electron chi connectivity index (χ1n) is 5.03. The molecule has 0 spiro atoms. The first kappa shape index (κ1) is 14.7. The largest absolute Gasteiger partial charge is 0.0843 e. The molecule has 94 valence electrons. The lowest BCUT2D eigenvalue weighted by atomic mass is 10.1. The Morgan fingerprint density at radius 3 is 2.22 bits per heavy atom. The van der Waals surface area contributed by atoms with Crippen LogP contribution in [0.1, 0.15) is 16.0 Å². The van der Waals surface area contributed by atoms with Crippen molar-refractivity contribution in [3.05, 3.63) is 67.1 Å². The van der Waals surface area contributed by atoms with E-state index in [9.17, 15) is 0 Å². The van der Waals surface area contributed by atoms with E-state index in [4.69, 9.17) is 34.8 Å². The lowest BCUT2D eigenvalue weighted by Gasteiger charge is -2.13. The number of hydrogen-bond acceptors (Lipinski definition) is 0. The Balaban J connectivity index is 2.41. The van der Waals surface area contributed by atoms with Gasteiger partial charge < -0.3 is 0 Å². The van der Waals surface area contributed by atoms with Crippen molar-refractivity contribution in [2.24, 2.45) is 0 Å². The molecule has 2 aromatic rings. The summed E-state index contributed by atoms with van der Waals surface area (Å²) in [5.74, 6) is 0. The smallest absolute Gasteiger partial charge is 0.0659 e.